The summed E-state index contributed by atoms with van der Waals surface area (Å²) in [6, 6.07) is 7.01. The van der Waals surface area contributed by atoms with Crippen molar-refractivity contribution in [1.29, 1.82) is 0 Å². The molecule has 0 spiro atoms. The molecule has 1 N–H and O–H groups in total. The van der Waals surface area contributed by atoms with Gasteiger partial charge in [-0.2, -0.15) is 0 Å². The van der Waals surface area contributed by atoms with E-state index in [4.69, 9.17) is 27.9 Å². The maximum Gasteiger partial charge on any atom is 0.338 e. The number of nitrogens with zero attached hydrogens (tertiary/aromatic N) is 3. The Bertz CT molecular complexity index is 1070. The van der Waals surface area contributed by atoms with Crippen LogP contribution in [-0.2, 0) is 9.53 Å². The standard InChI is InChI=1S/C22H21Cl2FN4O2/c1-31-22(30)18-17(12-29-9-2-3-10-29)27-21(20-16(25)5-4-8-26-20)28-19(18)14-7-6-13(23)11-15(14)24/h4-8,11,19H,2-3,9-10,12H2,1H3,(H,27,28). The Balaban J connectivity index is 1.86. The molecule has 1 fully saturated rings. The van der Waals surface area contributed by atoms with Crippen molar-refractivity contribution >= 4 is 35.0 Å². The third-order valence-electron chi connectivity index (χ3n) is 5.35. The molecule has 1 unspecified atom stereocenters. The second kappa shape index (κ2) is 9.34. The van der Waals surface area contributed by atoms with E-state index in [0.29, 0.717) is 33.4 Å². The minimum Gasteiger partial charge on any atom is -0.466 e. The summed E-state index contributed by atoms with van der Waals surface area (Å²) in [6.07, 6.45) is 3.67. The average molecular weight is 463 g/mol. The number of methoxy groups -OCH3 is 1. The van der Waals surface area contributed by atoms with Crippen molar-refractivity contribution in [2.45, 2.75) is 18.9 Å². The Morgan fingerprint density at radius 2 is 2.06 bits per heavy atom. The molecule has 0 saturated carbocycles. The summed E-state index contributed by atoms with van der Waals surface area (Å²) in [4.78, 5) is 23.9. The Hall–Kier alpha value is -2.48. The summed E-state index contributed by atoms with van der Waals surface area (Å²) in [5.41, 5.74) is 1.57. The van der Waals surface area contributed by atoms with Gasteiger partial charge in [-0.25, -0.2) is 14.2 Å². The summed E-state index contributed by atoms with van der Waals surface area (Å²) in [5, 5.41) is 3.96. The fraction of sp³-hybridized carbons (Fsp3) is 0.318. The van der Waals surface area contributed by atoms with E-state index in [1.807, 2.05) is 0 Å². The fourth-order valence-corrected chi connectivity index (χ4v) is 4.38. The molecule has 0 bridgehead atoms. The minimum absolute atomic E-state index is 0.0698. The maximum atomic E-state index is 14.5. The Labute approximate surface area is 189 Å². The van der Waals surface area contributed by atoms with E-state index in [2.05, 4.69) is 20.2 Å². The first kappa shape index (κ1) is 21.7. The highest BCUT2D eigenvalue weighted by Gasteiger charge is 2.34. The van der Waals surface area contributed by atoms with Gasteiger partial charge in [0.2, 0.25) is 0 Å². The van der Waals surface area contributed by atoms with Crippen LogP contribution in [0.4, 0.5) is 4.39 Å². The summed E-state index contributed by atoms with van der Waals surface area (Å²) in [5.74, 6) is -0.810. The number of ether oxygens (including phenoxy) is 1. The molecular formula is C22H21Cl2FN4O2. The Morgan fingerprint density at radius 3 is 2.74 bits per heavy atom. The van der Waals surface area contributed by atoms with Crippen LogP contribution in [0, 0.1) is 5.82 Å². The van der Waals surface area contributed by atoms with Gasteiger partial charge >= 0.3 is 5.97 Å². The predicted molar refractivity (Wildman–Crippen MR) is 118 cm³/mol. The van der Waals surface area contributed by atoms with E-state index in [1.165, 1.54) is 25.4 Å². The van der Waals surface area contributed by atoms with E-state index in [1.54, 1.807) is 18.2 Å². The molecule has 3 heterocycles. The SMILES string of the molecule is COC(=O)C1=C(CN2CCCC2)NC(c2ncccc2F)=NC1c1ccc(Cl)cc1Cl. The molecule has 1 saturated heterocycles. The molecule has 2 aliphatic heterocycles. The van der Waals surface area contributed by atoms with Crippen molar-refractivity contribution in [2.24, 2.45) is 4.99 Å². The number of benzene rings is 1. The molecule has 4 rings (SSSR count). The van der Waals surface area contributed by atoms with Crippen molar-refractivity contribution in [3.63, 3.8) is 0 Å². The zero-order valence-electron chi connectivity index (χ0n) is 16.9. The number of pyridine rings is 1. The second-order valence-electron chi connectivity index (χ2n) is 7.37. The van der Waals surface area contributed by atoms with Crippen LogP contribution >= 0.6 is 23.2 Å². The highest BCUT2D eigenvalue weighted by atomic mass is 35.5. The van der Waals surface area contributed by atoms with Crippen LogP contribution in [-0.4, -0.2) is 48.4 Å². The number of carbonyl (C=O) groups excluding carboxylic acids is 1. The van der Waals surface area contributed by atoms with Crippen molar-refractivity contribution in [3.05, 3.63) is 74.9 Å². The van der Waals surface area contributed by atoms with Gasteiger partial charge in [-0.05, 0) is 50.2 Å². The van der Waals surface area contributed by atoms with Crippen LogP contribution in [0.3, 0.4) is 0 Å². The van der Waals surface area contributed by atoms with Crippen molar-refractivity contribution in [1.82, 2.24) is 15.2 Å². The molecule has 1 atom stereocenters. The van der Waals surface area contributed by atoms with Crippen LogP contribution in [0.15, 0.2) is 52.8 Å². The number of amidine groups is 1. The van der Waals surface area contributed by atoms with Gasteiger partial charge in [-0.3, -0.25) is 9.89 Å². The van der Waals surface area contributed by atoms with Gasteiger partial charge in [-0.15, -0.1) is 0 Å². The average Bonchev–Trinajstić information content (AvgIpc) is 3.26. The van der Waals surface area contributed by atoms with Gasteiger partial charge in [-0.1, -0.05) is 29.3 Å². The number of rotatable bonds is 5. The van der Waals surface area contributed by atoms with Crippen LogP contribution in [0.1, 0.15) is 30.1 Å². The van der Waals surface area contributed by atoms with E-state index in [0.717, 1.165) is 25.9 Å². The lowest BCUT2D eigenvalue weighted by Crippen LogP contribution is -2.39. The van der Waals surface area contributed by atoms with Crippen molar-refractivity contribution < 1.29 is 13.9 Å². The number of hydrogen-bond donors (Lipinski definition) is 1. The number of likely N-dealkylation sites (tertiary alicyclic amines) is 1. The number of esters is 1. The zero-order valence-corrected chi connectivity index (χ0v) is 18.4. The summed E-state index contributed by atoms with van der Waals surface area (Å²) < 4.78 is 19.6. The highest BCUT2D eigenvalue weighted by Crippen LogP contribution is 2.37. The smallest absolute Gasteiger partial charge is 0.338 e. The Morgan fingerprint density at radius 1 is 1.29 bits per heavy atom. The van der Waals surface area contributed by atoms with Crippen molar-refractivity contribution in [3.8, 4) is 0 Å². The Kier molecular flexibility index (Phi) is 6.55. The molecule has 0 radical (unpaired) electrons. The molecular weight excluding hydrogens is 442 g/mol. The van der Waals surface area contributed by atoms with Crippen LogP contribution in [0.2, 0.25) is 10.0 Å². The van der Waals surface area contributed by atoms with E-state index >= 15 is 0 Å². The van der Waals surface area contributed by atoms with E-state index < -0.39 is 17.8 Å². The maximum absolute atomic E-state index is 14.5. The molecule has 0 amide bonds. The molecule has 1 aromatic heterocycles. The minimum atomic E-state index is -0.799. The number of aliphatic imine (C=N–C) groups is 1. The first-order valence-corrected chi connectivity index (χ1v) is 10.7. The van der Waals surface area contributed by atoms with Crippen LogP contribution in [0.5, 0.6) is 0 Å². The number of nitrogens with one attached hydrogen (secondary N) is 1. The number of carbonyl (C=O) groups is 1. The molecule has 1 aromatic carbocycles. The van der Waals surface area contributed by atoms with Gasteiger partial charge in [0, 0.05) is 34.0 Å². The van der Waals surface area contributed by atoms with Gasteiger partial charge in [0.15, 0.2) is 11.7 Å². The lowest BCUT2D eigenvalue weighted by atomic mass is 9.95. The highest BCUT2D eigenvalue weighted by molar-refractivity contribution is 6.35. The number of aromatic nitrogens is 1. The molecule has 9 heteroatoms. The molecule has 2 aromatic rings. The van der Waals surface area contributed by atoms with Crippen molar-refractivity contribution in [2.75, 3.05) is 26.7 Å². The monoisotopic (exact) mass is 462 g/mol. The third kappa shape index (κ3) is 4.59. The van der Waals surface area contributed by atoms with Gasteiger partial charge in [0.25, 0.3) is 0 Å². The summed E-state index contributed by atoms with van der Waals surface area (Å²) in [7, 11) is 1.32. The van der Waals surface area contributed by atoms with Crippen LogP contribution in [0.25, 0.3) is 0 Å². The first-order chi connectivity index (χ1) is 15.0. The fourth-order valence-electron chi connectivity index (χ4n) is 3.86. The van der Waals surface area contributed by atoms with Gasteiger partial charge in [0.1, 0.15) is 11.7 Å². The lowest BCUT2D eigenvalue weighted by molar-refractivity contribution is -0.136. The zero-order chi connectivity index (χ0) is 22.0. The predicted octanol–water partition coefficient (Wildman–Crippen LogP) is 4.14. The second-order valence-corrected chi connectivity index (χ2v) is 8.22. The molecule has 0 aliphatic carbocycles. The topological polar surface area (TPSA) is 66.8 Å². The molecule has 31 heavy (non-hydrogen) atoms. The van der Waals surface area contributed by atoms with E-state index in [9.17, 15) is 9.18 Å². The molecule has 2 aliphatic rings. The molecule has 6 nitrogen and oxygen atoms in total. The van der Waals surface area contributed by atoms with E-state index in [-0.39, 0.29) is 11.5 Å². The summed E-state index contributed by atoms with van der Waals surface area (Å²) >= 11 is 12.5. The van der Waals surface area contributed by atoms with Gasteiger partial charge in [0.05, 0.1) is 12.7 Å². The summed E-state index contributed by atoms with van der Waals surface area (Å²) in [6.45, 7) is 2.30. The number of hydrogen-bond acceptors (Lipinski definition) is 6. The third-order valence-corrected chi connectivity index (χ3v) is 5.91. The number of halogens is 3. The van der Waals surface area contributed by atoms with Gasteiger partial charge < -0.3 is 10.1 Å². The lowest BCUT2D eigenvalue weighted by Gasteiger charge is -2.29. The molecule has 162 valence electrons. The largest absolute Gasteiger partial charge is 0.466 e. The first-order valence-electron chi connectivity index (χ1n) is 9.92. The normalized spacial score (nSPS) is 19.2. The van der Waals surface area contributed by atoms with Crippen LogP contribution < -0.4 is 5.32 Å². The quantitative estimate of drug-likeness (QED) is 0.676.